The van der Waals surface area contributed by atoms with Gasteiger partial charge in [0.1, 0.15) is 0 Å². The summed E-state index contributed by atoms with van der Waals surface area (Å²) in [7, 11) is 3.63. The lowest BCUT2D eigenvalue weighted by Crippen LogP contribution is -2.49. The van der Waals surface area contributed by atoms with Crippen LogP contribution in [0.4, 0.5) is 0 Å². The van der Waals surface area contributed by atoms with E-state index < -0.39 is 0 Å². The third kappa shape index (κ3) is 8.88. The number of methoxy groups -OCH3 is 1. The van der Waals surface area contributed by atoms with Gasteiger partial charge in [0.05, 0.1) is 6.61 Å². The van der Waals surface area contributed by atoms with Gasteiger partial charge in [-0.25, -0.2) is 0 Å². The molecule has 1 rings (SSSR count). The zero-order valence-corrected chi connectivity index (χ0v) is 17.3. The Labute approximate surface area is 155 Å². The van der Waals surface area contributed by atoms with Crippen molar-refractivity contribution in [1.29, 1.82) is 0 Å². The van der Waals surface area contributed by atoms with Crippen LogP contribution in [0.1, 0.15) is 47.0 Å². The molecule has 0 amide bonds. The predicted molar refractivity (Wildman–Crippen MR) is 107 cm³/mol. The quantitative estimate of drug-likeness (QED) is 0.355. The van der Waals surface area contributed by atoms with Crippen molar-refractivity contribution in [2.24, 2.45) is 4.99 Å². The SMILES string of the molecule is CN=C(NCCCN(C(C)C)C(C)C)NC1CCN(CCOC)CC1. The van der Waals surface area contributed by atoms with Crippen LogP contribution in [-0.2, 0) is 4.74 Å². The second-order valence-electron chi connectivity index (χ2n) is 7.53. The van der Waals surface area contributed by atoms with Crippen LogP contribution in [0.15, 0.2) is 4.99 Å². The molecule has 1 fully saturated rings. The first-order chi connectivity index (χ1) is 12.0. The van der Waals surface area contributed by atoms with Gasteiger partial charge in [-0.2, -0.15) is 0 Å². The highest BCUT2D eigenvalue weighted by Crippen LogP contribution is 2.10. The minimum atomic E-state index is 0.521. The van der Waals surface area contributed by atoms with Gasteiger partial charge in [0.2, 0.25) is 0 Å². The van der Waals surface area contributed by atoms with Crippen molar-refractivity contribution in [1.82, 2.24) is 20.4 Å². The number of piperidine rings is 1. The molecule has 0 aliphatic carbocycles. The van der Waals surface area contributed by atoms with Gasteiger partial charge in [-0.1, -0.05) is 0 Å². The van der Waals surface area contributed by atoms with Crippen LogP contribution in [0.3, 0.4) is 0 Å². The molecule has 0 atom stereocenters. The van der Waals surface area contributed by atoms with Crippen LogP contribution >= 0.6 is 0 Å². The summed E-state index contributed by atoms with van der Waals surface area (Å²) < 4.78 is 5.16. The molecule has 148 valence electrons. The fourth-order valence-corrected chi connectivity index (χ4v) is 3.49. The first-order valence-corrected chi connectivity index (χ1v) is 9.92. The number of rotatable bonds is 10. The van der Waals surface area contributed by atoms with E-state index in [0.717, 1.165) is 51.7 Å². The summed E-state index contributed by atoms with van der Waals surface area (Å²) in [6.45, 7) is 15.3. The highest BCUT2D eigenvalue weighted by molar-refractivity contribution is 5.79. The maximum absolute atomic E-state index is 5.16. The minimum Gasteiger partial charge on any atom is -0.383 e. The summed E-state index contributed by atoms with van der Waals surface area (Å²) in [5.74, 6) is 0.941. The van der Waals surface area contributed by atoms with Crippen molar-refractivity contribution in [3.05, 3.63) is 0 Å². The Kier molecular flexibility index (Phi) is 11.1. The van der Waals surface area contributed by atoms with E-state index in [9.17, 15) is 0 Å². The Bertz CT molecular complexity index is 357. The largest absolute Gasteiger partial charge is 0.383 e. The van der Waals surface area contributed by atoms with Crippen LogP contribution in [0.5, 0.6) is 0 Å². The molecule has 1 aliphatic heterocycles. The number of nitrogens with one attached hydrogen (secondary N) is 2. The zero-order valence-electron chi connectivity index (χ0n) is 17.3. The Morgan fingerprint density at radius 2 is 1.84 bits per heavy atom. The molecule has 0 aromatic carbocycles. The first-order valence-electron chi connectivity index (χ1n) is 9.92. The fourth-order valence-electron chi connectivity index (χ4n) is 3.49. The monoisotopic (exact) mass is 355 g/mol. The molecule has 25 heavy (non-hydrogen) atoms. The molecule has 1 saturated heterocycles. The molecule has 0 saturated carbocycles. The smallest absolute Gasteiger partial charge is 0.191 e. The average molecular weight is 356 g/mol. The highest BCUT2D eigenvalue weighted by Gasteiger charge is 2.19. The summed E-state index contributed by atoms with van der Waals surface area (Å²) in [6, 6.07) is 1.72. The minimum absolute atomic E-state index is 0.521. The zero-order chi connectivity index (χ0) is 18.7. The number of hydrogen-bond donors (Lipinski definition) is 2. The molecule has 0 unspecified atom stereocenters. The van der Waals surface area contributed by atoms with E-state index in [1.165, 1.54) is 12.8 Å². The summed E-state index contributed by atoms with van der Waals surface area (Å²) in [5.41, 5.74) is 0. The number of hydrogen-bond acceptors (Lipinski definition) is 4. The maximum atomic E-state index is 5.16. The number of ether oxygens (including phenoxy) is 1. The molecule has 6 heteroatoms. The topological polar surface area (TPSA) is 52.1 Å². The Morgan fingerprint density at radius 1 is 1.20 bits per heavy atom. The molecule has 0 bridgehead atoms. The van der Waals surface area contributed by atoms with Crippen LogP contribution in [-0.4, -0.2) is 87.4 Å². The van der Waals surface area contributed by atoms with Crippen LogP contribution in [0, 0.1) is 0 Å². The molecule has 0 radical (unpaired) electrons. The fraction of sp³-hybridized carbons (Fsp3) is 0.947. The average Bonchev–Trinajstić information content (AvgIpc) is 2.59. The summed E-state index contributed by atoms with van der Waals surface area (Å²) >= 11 is 0. The van der Waals surface area contributed by atoms with E-state index in [0.29, 0.717) is 18.1 Å². The number of nitrogens with zero attached hydrogens (tertiary/aromatic N) is 3. The molecule has 6 nitrogen and oxygen atoms in total. The van der Waals surface area contributed by atoms with Crippen molar-refractivity contribution in [2.75, 3.05) is 53.5 Å². The van der Waals surface area contributed by atoms with Gasteiger partial charge >= 0.3 is 0 Å². The Balaban J connectivity index is 2.23. The lowest BCUT2D eigenvalue weighted by Gasteiger charge is -2.33. The number of guanidine groups is 1. The first kappa shape index (κ1) is 22.2. The molecule has 1 heterocycles. The lowest BCUT2D eigenvalue weighted by atomic mass is 10.1. The van der Waals surface area contributed by atoms with E-state index >= 15 is 0 Å². The van der Waals surface area contributed by atoms with Crippen LogP contribution in [0.25, 0.3) is 0 Å². The normalized spacial score (nSPS) is 17.7. The van der Waals surface area contributed by atoms with Crippen molar-refractivity contribution in [2.45, 2.75) is 65.1 Å². The molecule has 0 aromatic rings. The van der Waals surface area contributed by atoms with Gasteiger partial charge in [0, 0.05) is 65.0 Å². The molecule has 2 N–H and O–H groups in total. The van der Waals surface area contributed by atoms with Crippen molar-refractivity contribution in [3.8, 4) is 0 Å². The standard InChI is InChI=1S/C19H41N5O/c1-16(2)24(17(3)4)11-7-10-21-19(20-5)22-18-8-12-23(13-9-18)14-15-25-6/h16-18H,7-15H2,1-6H3,(H2,20,21,22). The van der Waals surface area contributed by atoms with Gasteiger partial charge in [0.25, 0.3) is 0 Å². The van der Waals surface area contributed by atoms with E-state index in [-0.39, 0.29) is 0 Å². The van der Waals surface area contributed by atoms with Gasteiger partial charge in [0.15, 0.2) is 5.96 Å². The highest BCUT2D eigenvalue weighted by atomic mass is 16.5. The molecule has 0 spiro atoms. The van der Waals surface area contributed by atoms with Crippen LogP contribution in [0.2, 0.25) is 0 Å². The molecule has 0 aromatic heterocycles. The van der Waals surface area contributed by atoms with Gasteiger partial charge < -0.3 is 20.3 Å². The van der Waals surface area contributed by atoms with Gasteiger partial charge in [-0.15, -0.1) is 0 Å². The van der Waals surface area contributed by atoms with E-state index in [1.54, 1.807) is 7.11 Å². The number of aliphatic imine (C=N–C) groups is 1. The Hall–Kier alpha value is -0.850. The van der Waals surface area contributed by atoms with E-state index in [2.05, 4.69) is 53.1 Å². The van der Waals surface area contributed by atoms with E-state index in [1.807, 2.05) is 7.05 Å². The second kappa shape index (κ2) is 12.5. The van der Waals surface area contributed by atoms with Gasteiger partial charge in [-0.05, 0) is 47.0 Å². The van der Waals surface area contributed by atoms with Crippen LogP contribution < -0.4 is 10.6 Å². The maximum Gasteiger partial charge on any atom is 0.191 e. The lowest BCUT2D eigenvalue weighted by molar-refractivity contribution is 0.128. The summed E-state index contributed by atoms with van der Waals surface area (Å²) in [5, 5.41) is 7.06. The van der Waals surface area contributed by atoms with Crippen molar-refractivity contribution in [3.63, 3.8) is 0 Å². The molecular formula is C19H41N5O. The molecule has 1 aliphatic rings. The third-order valence-electron chi connectivity index (χ3n) is 4.98. The summed E-state index contributed by atoms with van der Waals surface area (Å²) in [6.07, 6.45) is 3.46. The summed E-state index contributed by atoms with van der Waals surface area (Å²) in [4.78, 5) is 9.40. The predicted octanol–water partition coefficient (Wildman–Crippen LogP) is 1.77. The van der Waals surface area contributed by atoms with Crippen molar-refractivity contribution >= 4 is 5.96 Å². The van der Waals surface area contributed by atoms with Crippen molar-refractivity contribution < 1.29 is 4.74 Å². The Morgan fingerprint density at radius 3 is 2.36 bits per heavy atom. The third-order valence-corrected chi connectivity index (χ3v) is 4.98. The van der Waals surface area contributed by atoms with Gasteiger partial charge in [-0.3, -0.25) is 9.89 Å². The van der Waals surface area contributed by atoms with E-state index in [4.69, 9.17) is 4.74 Å². The molecular weight excluding hydrogens is 314 g/mol. The second-order valence-corrected chi connectivity index (χ2v) is 7.53. The number of likely N-dealkylation sites (tertiary alicyclic amines) is 1.